The molecule has 102 valence electrons. The summed E-state index contributed by atoms with van der Waals surface area (Å²) in [5.41, 5.74) is 4.42. The molecule has 0 aliphatic rings. The minimum Gasteiger partial charge on any atom is -0.382 e. The van der Waals surface area contributed by atoms with Crippen LogP contribution in [-0.2, 0) is 9.57 Å². The van der Waals surface area contributed by atoms with Crippen LogP contribution in [0.4, 0.5) is 0 Å². The fraction of sp³-hybridized carbons (Fsp3) is 0.417. The lowest BCUT2D eigenvalue weighted by atomic mass is 10.1. The highest BCUT2D eigenvalue weighted by molar-refractivity contribution is 6.05. The Bertz CT molecular complexity index is 594. The van der Waals surface area contributed by atoms with Gasteiger partial charge in [-0.05, 0) is 19.9 Å². The molecule has 7 nitrogen and oxygen atoms in total. The summed E-state index contributed by atoms with van der Waals surface area (Å²) in [7, 11) is 1.56. The highest BCUT2D eigenvalue weighted by Gasteiger charge is 2.17. The van der Waals surface area contributed by atoms with Crippen molar-refractivity contribution in [3.63, 3.8) is 0 Å². The Morgan fingerprint density at radius 3 is 2.95 bits per heavy atom. The van der Waals surface area contributed by atoms with E-state index in [1.165, 1.54) is 0 Å². The van der Waals surface area contributed by atoms with Crippen LogP contribution in [0, 0.1) is 13.8 Å². The van der Waals surface area contributed by atoms with Gasteiger partial charge >= 0.3 is 0 Å². The summed E-state index contributed by atoms with van der Waals surface area (Å²) in [6, 6.07) is 1.67. The molecular formula is C12H15N3O4. The lowest BCUT2D eigenvalue weighted by Gasteiger charge is -2.06. The Kier molecular flexibility index (Phi) is 4.08. The molecule has 19 heavy (non-hydrogen) atoms. The number of rotatable bonds is 5. The fourth-order valence-corrected chi connectivity index (χ4v) is 1.69. The second kappa shape index (κ2) is 5.77. The summed E-state index contributed by atoms with van der Waals surface area (Å²) < 4.78 is 9.88. The van der Waals surface area contributed by atoms with Crippen LogP contribution in [0.3, 0.4) is 0 Å². The smallest absolute Gasteiger partial charge is 0.275 e. The molecule has 7 heteroatoms. The van der Waals surface area contributed by atoms with E-state index in [0.29, 0.717) is 34.7 Å². The molecule has 0 radical (unpaired) electrons. The molecule has 2 aromatic rings. The van der Waals surface area contributed by atoms with Gasteiger partial charge in [0.1, 0.15) is 0 Å². The van der Waals surface area contributed by atoms with Crippen LogP contribution < -0.4 is 5.48 Å². The average Bonchev–Trinajstić information content (AvgIpc) is 2.75. The quantitative estimate of drug-likeness (QED) is 0.644. The molecule has 1 amide bonds. The molecule has 0 aliphatic heterocycles. The summed E-state index contributed by atoms with van der Waals surface area (Å²) in [4.78, 5) is 21.2. The van der Waals surface area contributed by atoms with E-state index in [1.54, 1.807) is 27.0 Å². The number of hydrogen-bond acceptors (Lipinski definition) is 6. The van der Waals surface area contributed by atoms with Crippen LogP contribution in [0.1, 0.15) is 21.7 Å². The zero-order valence-corrected chi connectivity index (χ0v) is 11.0. The topological polar surface area (TPSA) is 86.5 Å². The molecule has 0 aromatic carbocycles. The molecule has 0 atom stereocenters. The van der Waals surface area contributed by atoms with E-state index in [-0.39, 0.29) is 12.5 Å². The zero-order chi connectivity index (χ0) is 13.8. The van der Waals surface area contributed by atoms with E-state index < -0.39 is 0 Å². The summed E-state index contributed by atoms with van der Waals surface area (Å²) in [5, 5.41) is 4.41. The monoisotopic (exact) mass is 265 g/mol. The third kappa shape index (κ3) is 2.88. The van der Waals surface area contributed by atoms with Gasteiger partial charge in [0.15, 0.2) is 0 Å². The first kappa shape index (κ1) is 13.4. The first-order chi connectivity index (χ1) is 9.13. The molecule has 2 rings (SSSR count). The van der Waals surface area contributed by atoms with E-state index in [2.05, 4.69) is 15.6 Å². The Morgan fingerprint density at radius 2 is 2.21 bits per heavy atom. The lowest BCUT2D eigenvalue weighted by Crippen LogP contribution is -2.25. The fourth-order valence-electron chi connectivity index (χ4n) is 1.69. The summed E-state index contributed by atoms with van der Waals surface area (Å²) in [6.07, 6.45) is 0. The van der Waals surface area contributed by atoms with Crippen molar-refractivity contribution in [3.8, 4) is 0 Å². The van der Waals surface area contributed by atoms with Gasteiger partial charge in [-0.15, -0.1) is 0 Å². The first-order valence-electron chi connectivity index (χ1n) is 5.78. The number of aryl methyl sites for hydroxylation is 2. The number of hydroxylamine groups is 1. The molecule has 1 N–H and O–H groups in total. The van der Waals surface area contributed by atoms with Crippen LogP contribution in [0.25, 0.3) is 11.1 Å². The van der Waals surface area contributed by atoms with Gasteiger partial charge in [0.25, 0.3) is 11.6 Å². The molecule has 0 saturated heterocycles. The van der Waals surface area contributed by atoms with Gasteiger partial charge in [-0.2, -0.15) is 0 Å². The standard InChI is InChI=1S/C12H15N3O4/c1-7-6-9(11(16)15-18-5-4-17-3)10-8(2)14-19-12(10)13-7/h6H,4-5H2,1-3H3,(H,15,16). The number of fused-ring (bicyclic) bond motifs is 1. The Hall–Kier alpha value is -1.99. The summed E-state index contributed by atoms with van der Waals surface area (Å²) >= 11 is 0. The molecule has 0 spiro atoms. The maximum atomic E-state index is 12.1. The molecule has 0 saturated carbocycles. The number of nitrogens with one attached hydrogen (secondary N) is 1. The van der Waals surface area contributed by atoms with Gasteiger partial charge in [0.05, 0.1) is 29.9 Å². The van der Waals surface area contributed by atoms with Crippen LogP contribution in [0.15, 0.2) is 10.6 Å². The van der Waals surface area contributed by atoms with Crippen LogP contribution in [0.5, 0.6) is 0 Å². The van der Waals surface area contributed by atoms with E-state index in [4.69, 9.17) is 14.1 Å². The van der Waals surface area contributed by atoms with E-state index >= 15 is 0 Å². The summed E-state index contributed by atoms with van der Waals surface area (Å²) in [5.74, 6) is -0.363. The van der Waals surface area contributed by atoms with Crippen molar-refractivity contribution >= 4 is 17.0 Å². The van der Waals surface area contributed by atoms with Crippen molar-refractivity contribution in [1.29, 1.82) is 0 Å². The molecule has 2 heterocycles. The third-order valence-corrected chi connectivity index (χ3v) is 2.54. The number of carbonyl (C=O) groups is 1. The number of ether oxygens (including phenoxy) is 1. The number of methoxy groups -OCH3 is 1. The molecule has 0 bridgehead atoms. The molecule has 0 unspecified atom stereocenters. The highest BCUT2D eigenvalue weighted by atomic mass is 16.7. The minimum atomic E-state index is -0.363. The van der Waals surface area contributed by atoms with E-state index in [1.807, 2.05) is 0 Å². The van der Waals surface area contributed by atoms with Crippen molar-refractivity contribution in [3.05, 3.63) is 23.0 Å². The van der Waals surface area contributed by atoms with E-state index in [9.17, 15) is 4.79 Å². The number of nitrogens with zero attached hydrogens (tertiary/aromatic N) is 2. The van der Waals surface area contributed by atoms with Crippen molar-refractivity contribution in [2.24, 2.45) is 0 Å². The lowest BCUT2D eigenvalue weighted by molar-refractivity contribution is 0.00898. The maximum absolute atomic E-state index is 12.1. The van der Waals surface area contributed by atoms with Crippen LogP contribution in [0.2, 0.25) is 0 Å². The van der Waals surface area contributed by atoms with Gasteiger partial charge < -0.3 is 9.26 Å². The van der Waals surface area contributed by atoms with Crippen LogP contribution in [-0.4, -0.2) is 36.4 Å². The van der Waals surface area contributed by atoms with Gasteiger partial charge in [0.2, 0.25) is 0 Å². The van der Waals surface area contributed by atoms with Crippen molar-refractivity contribution in [2.75, 3.05) is 20.3 Å². The maximum Gasteiger partial charge on any atom is 0.275 e. The van der Waals surface area contributed by atoms with Crippen molar-refractivity contribution < 1.29 is 18.9 Å². The summed E-state index contributed by atoms with van der Waals surface area (Å²) in [6.45, 7) is 4.21. The predicted molar refractivity (Wildman–Crippen MR) is 66.6 cm³/mol. The van der Waals surface area contributed by atoms with Gasteiger partial charge in [-0.1, -0.05) is 5.16 Å². The normalized spacial score (nSPS) is 10.9. The number of pyridine rings is 1. The number of carbonyl (C=O) groups excluding carboxylic acids is 1. The second-order valence-corrected chi connectivity index (χ2v) is 4.03. The number of hydrogen-bond donors (Lipinski definition) is 1. The Labute approximate surface area is 109 Å². The predicted octanol–water partition coefficient (Wildman–Crippen LogP) is 1.15. The van der Waals surface area contributed by atoms with Gasteiger partial charge in [0, 0.05) is 12.8 Å². The Morgan fingerprint density at radius 1 is 1.42 bits per heavy atom. The van der Waals surface area contributed by atoms with E-state index in [0.717, 1.165) is 0 Å². The van der Waals surface area contributed by atoms with Crippen molar-refractivity contribution in [1.82, 2.24) is 15.6 Å². The molecule has 0 fully saturated rings. The first-order valence-corrected chi connectivity index (χ1v) is 5.78. The minimum absolute atomic E-state index is 0.276. The highest BCUT2D eigenvalue weighted by Crippen LogP contribution is 2.21. The largest absolute Gasteiger partial charge is 0.382 e. The number of amides is 1. The van der Waals surface area contributed by atoms with Crippen molar-refractivity contribution in [2.45, 2.75) is 13.8 Å². The Balaban J connectivity index is 2.23. The van der Waals surface area contributed by atoms with Gasteiger partial charge in [-0.3, -0.25) is 9.63 Å². The van der Waals surface area contributed by atoms with Gasteiger partial charge in [-0.25, -0.2) is 10.5 Å². The molecule has 0 aliphatic carbocycles. The zero-order valence-electron chi connectivity index (χ0n) is 11.0. The molecule has 2 aromatic heterocycles. The third-order valence-electron chi connectivity index (χ3n) is 2.54. The van der Waals surface area contributed by atoms with Crippen LogP contribution >= 0.6 is 0 Å². The molecular weight excluding hydrogens is 250 g/mol. The average molecular weight is 265 g/mol. The SMILES string of the molecule is COCCONC(=O)c1cc(C)nc2onc(C)c12. The number of aromatic nitrogens is 2. The second-order valence-electron chi connectivity index (χ2n) is 4.03.